The van der Waals surface area contributed by atoms with E-state index in [0.717, 1.165) is 24.2 Å². The molecule has 0 radical (unpaired) electrons. The number of nitrogens with zero attached hydrogens (tertiary/aromatic N) is 2. The van der Waals surface area contributed by atoms with E-state index in [-0.39, 0.29) is 0 Å². The van der Waals surface area contributed by atoms with Gasteiger partial charge in [0.25, 0.3) is 0 Å². The third-order valence-electron chi connectivity index (χ3n) is 3.86. The quantitative estimate of drug-likeness (QED) is 0.789. The van der Waals surface area contributed by atoms with E-state index < -0.39 is 12.7 Å². The number of alkyl halides is 3. The van der Waals surface area contributed by atoms with Crippen LogP contribution in [0.2, 0.25) is 0 Å². The van der Waals surface area contributed by atoms with Gasteiger partial charge in [0, 0.05) is 24.2 Å². The van der Waals surface area contributed by atoms with Crippen LogP contribution in [0.5, 0.6) is 0 Å². The van der Waals surface area contributed by atoms with Crippen molar-refractivity contribution >= 4 is 16.6 Å². The van der Waals surface area contributed by atoms with Crippen LogP contribution in [0.1, 0.15) is 12.6 Å². The number of fused-ring (bicyclic) bond motifs is 1. The number of anilines is 1. The monoisotopic (exact) mass is 322 g/mol. The van der Waals surface area contributed by atoms with E-state index in [1.165, 1.54) is 4.57 Å². The smallest absolute Gasteiger partial charge is 0.378 e. The first kappa shape index (κ1) is 15.8. The second-order valence-corrected chi connectivity index (χ2v) is 5.42. The van der Waals surface area contributed by atoms with Gasteiger partial charge in [0.15, 0.2) is 0 Å². The summed E-state index contributed by atoms with van der Waals surface area (Å²) in [5.41, 5.74) is 1.88. The van der Waals surface area contributed by atoms with Gasteiger partial charge >= 0.3 is 6.18 Å². The summed E-state index contributed by atoms with van der Waals surface area (Å²) < 4.78 is 45.4. The van der Waals surface area contributed by atoms with E-state index in [0.29, 0.717) is 24.4 Å². The lowest BCUT2D eigenvalue weighted by Crippen LogP contribution is -2.36. The van der Waals surface area contributed by atoms with Crippen molar-refractivity contribution in [2.24, 2.45) is 0 Å². The summed E-state index contributed by atoms with van der Waals surface area (Å²) >= 11 is 0. The molecule has 0 saturated carbocycles. The third-order valence-corrected chi connectivity index (χ3v) is 3.86. The molecule has 3 nitrogen and oxygen atoms in total. The molecule has 1 aliphatic heterocycles. The molecule has 0 amide bonds. The molecule has 6 heteroatoms. The fraction of sp³-hybridized carbons (Fsp3) is 0.412. The molecular weight excluding hydrogens is 305 g/mol. The highest BCUT2D eigenvalue weighted by Gasteiger charge is 2.30. The Morgan fingerprint density at radius 1 is 1.22 bits per heavy atom. The topological polar surface area (TPSA) is 17.4 Å². The maximum absolute atomic E-state index is 12.9. The highest BCUT2D eigenvalue weighted by Crippen LogP contribution is 2.32. The molecule has 1 aliphatic rings. The number of benzene rings is 1. The zero-order valence-corrected chi connectivity index (χ0v) is 12.8. The molecule has 0 N–H and O–H groups in total. The first-order valence-electron chi connectivity index (χ1n) is 7.44. The average molecular weight is 322 g/mol. The van der Waals surface area contributed by atoms with Crippen molar-refractivity contribution in [3.05, 3.63) is 30.0 Å². The summed E-state index contributed by atoms with van der Waals surface area (Å²) in [5.74, 6) is 5.49. The van der Waals surface area contributed by atoms with Gasteiger partial charge in [-0.05, 0) is 31.0 Å². The molecule has 1 aromatic carbocycles. The number of hydrogen-bond acceptors (Lipinski definition) is 2. The highest BCUT2D eigenvalue weighted by atomic mass is 19.4. The van der Waals surface area contributed by atoms with Crippen molar-refractivity contribution in [2.45, 2.75) is 19.6 Å². The minimum atomic E-state index is -4.29. The summed E-state index contributed by atoms with van der Waals surface area (Å²) in [6.45, 7) is 3.31. The number of aromatic nitrogens is 1. The Bertz CT molecular complexity index is 762. The van der Waals surface area contributed by atoms with E-state index in [1.807, 2.05) is 6.07 Å². The summed E-state index contributed by atoms with van der Waals surface area (Å²) in [6.07, 6.45) is -4.29. The van der Waals surface area contributed by atoms with Gasteiger partial charge in [-0.15, -0.1) is 0 Å². The lowest BCUT2D eigenvalue weighted by atomic mass is 10.2. The number of ether oxygens (including phenoxy) is 1. The summed E-state index contributed by atoms with van der Waals surface area (Å²) in [6, 6.07) is 7.20. The van der Waals surface area contributed by atoms with Crippen molar-refractivity contribution in [2.75, 3.05) is 31.2 Å². The number of hydrogen-bond donors (Lipinski definition) is 0. The van der Waals surface area contributed by atoms with Crippen molar-refractivity contribution in [3.63, 3.8) is 0 Å². The highest BCUT2D eigenvalue weighted by molar-refractivity contribution is 5.94. The predicted molar refractivity (Wildman–Crippen MR) is 83.6 cm³/mol. The molecule has 0 bridgehead atoms. The minimum Gasteiger partial charge on any atom is -0.378 e. The molecule has 23 heavy (non-hydrogen) atoms. The van der Waals surface area contributed by atoms with Crippen LogP contribution in [0.4, 0.5) is 18.9 Å². The normalized spacial score (nSPS) is 15.6. The number of morpholine rings is 1. The van der Waals surface area contributed by atoms with Crippen LogP contribution >= 0.6 is 0 Å². The Labute approximate surface area is 132 Å². The second-order valence-electron chi connectivity index (χ2n) is 5.42. The van der Waals surface area contributed by atoms with E-state index >= 15 is 0 Å². The van der Waals surface area contributed by atoms with Gasteiger partial charge in [-0.25, -0.2) is 0 Å². The van der Waals surface area contributed by atoms with Crippen LogP contribution in [0, 0.1) is 11.8 Å². The minimum absolute atomic E-state index is 0.389. The van der Waals surface area contributed by atoms with Crippen LogP contribution in [0.3, 0.4) is 0 Å². The molecule has 1 fully saturated rings. The Balaban J connectivity index is 2.14. The van der Waals surface area contributed by atoms with E-state index in [4.69, 9.17) is 4.74 Å². The SMILES string of the molecule is CC#Cc1cc2c(N3CCOCC3)cccc2n1CC(F)(F)F. The Hall–Kier alpha value is -2.13. The molecule has 1 saturated heterocycles. The number of halogens is 3. The molecule has 0 atom stereocenters. The lowest BCUT2D eigenvalue weighted by Gasteiger charge is -2.29. The molecule has 2 aromatic rings. The van der Waals surface area contributed by atoms with Gasteiger partial charge in [0.2, 0.25) is 0 Å². The van der Waals surface area contributed by atoms with Gasteiger partial charge in [0.1, 0.15) is 6.54 Å². The second kappa shape index (κ2) is 6.17. The lowest BCUT2D eigenvalue weighted by molar-refractivity contribution is -0.140. The Kier molecular flexibility index (Phi) is 4.22. The van der Waals surface area contributed by atoms with E-state index in [2.05, 4.69) is 16.7 Å². The first-order chi connectivity index (χ1) is 11.0. The fourth-order valence-electron chi connectivity index (χ4n) is 2.93. The standard InChI is InChI=1S/C17H17F3N2O/c1-2-4-13-11-14-15(21-7-9-23-10-8-21)5-3-6-16(14)22(13)12-17(18,19)20/h3,5-6,11H,7-10,12H2,1H3. The van der Waals surface area contributed by atoms with Crippen LogP contribution in [-0.4, -0.2) is 37.0 Å². The Morgan fingerprint density at radius 2 is 1.96 bits per heavy atom. The van der Waals surface area contributed by atoms with E-state index in [9.17, 15) is 13.2 Å². The summed E-state index contributed by atoms with van der Waals surface area (Å²) in [4.78, 5) is 2.15. The zero-order valence-electron chi connectivity index (χ0n) is 12.8. The fourth-order valence-corrected chi connectivity index (χ4v) is 2.93. The maximum Gasteiger partial charge on any atom is 0.406 e. The molecule has 0 aliphatic carbocycles. The molecule has 0 unspecified atom stereocenters. The van der Waals surface area contributed by atoms with E-state index in [1.54, 1.807) is 25.1 Å². The summed E-state index contributed by atoms with van der Waals surface area (Å²) in [7, 11) is 0. The van der Waals surface area contributed by atoms with Crippen LogP contribution in [0.15, 0.2) is 24.3 Å². The van der Waals surface area contributed by atoms with Crippen LogP contribution in [0.25, 0.3) is 10.9 Å². The first-order valence-corrected chi connectivity index (χ1v) is 7.44. The molecule has 3 rings (SSSR count). The van der Waals surface area contributed by atoms with Crippen LogP contribution in [-0.2, 0) is 11.3 Å². The molecule has 0 spiro atoms. The van der Waals surface area contributed by atoms with Gasteiger partial charge in [-0.3, -0.25) is 0 Å². The number of rotatable bonds is 2. The third kappa shape index (κ3) is 3.30. The Morgan fingerprint density at radius 3 is 2.61 bits per heavy atom. The summed E-state index contributed by atoms with van der Waals surface area (Å²) in [5, 5.41) is 0.802. The van der Waals surface area contributed by atoms with Crippen molar-refractivity contribution in [1.82, 2.24) is 4.57 Å². The van der Waals surface area contributed by atoms with Crippen molar-refractivity contribution < 1.29 is 17.9 Å². The van der Waals surface area contributed by atoms with Gasteiger partial charge in [-0.1, -0.05) is 12.0 Å². The molecule has 2 heterocycles. The van der Waals surface area contributed by atoms with Gasteiger partial charge < -0.3 is 14.2 Å². The maximum atomic E-state index is 12.9. The zero-order chi connectivity index (χ0) is 16.4. The molecular formula is C17H17F3N2O. The predicted octanol–water partition coefficient (Wildman–Crippen LogP) is 3.41. The van der Waals surface area contributed by atoms with Gasteiger partial charge in [0.05, 0.1) is 24.4 Å². The van der Waals surface area contributed by atoms with Crippen LogP contribution < -0.4 is 4.90 Å². The largest absolute Gasteiger partial charge is 0.406 e. The van der Waals surface area contributed by atoms with Gasteiger partial charge in [-0.2, -0.15) is 13.2 Å². The van der Waals surface area contributed by atoms with Crippen molar-refractivity contribution in [3.8, 4) is 11.8 Å². The molecule has 1 aromatic heterocycles. The average Bonchev–Trinajstić information content (AvgIpc) is 2.85. The van der Waals surface area contributed by atoms with Crippen molar-refractivity contribution in [1.29, 1.82) is 0 Å². The molecule has 122 valence electrons.